The summed E-state index contributed by atoms with van der Waals surface area (Å²) in [6.45, 7) is -1.16. The van der Waals surface area contributed by atoms with Crippen molar-refractivity contribution in [3.63, 3.8) is 0 Å². The fourth-order valence-corrected chi connectivity index (χ4v) is 1.17. The van der Waals surface area contributed by atoms with E-state index in [0.717, 1.165) is 0 Å². The Kier molecular flexibility index (Phi) is 4.00. The second kappa shape index (κ2) is 5.07. The maximum absolute atomic E-state index is 11.9. The molecule has 3 nitrogen and oxygen atoms in total. The largest absolute Gasteiger partial charge is 0.508 e. The third-order valence-corrected chi connectivity index (χ3v) is 1.93. The highest BCUT2D eigenvalue weighted by Gasteiger charge is 2.26. The van der Waals surface area contributed by atoms with Gasteiger partial charge in [-0.3, -0.25) is 0 Å². The number of nitrogens with one attached hydrogen (secondary N) is 1. The Hall–Kier alpha value is -1.43. The summed E-state index contributed by atoms with van der Waals surface area (Å²) in [4.78, 5) is 0. The number of rotatable bonds is 4. The lowest BCUT2D eigenvalue weighted by molar-refractivity contribution is -0.125. The summed E-state index contributed by atoms with van der Waals surface area (Å²) >= 11 is 0. The summed E-state index contributed by atoms with van der Waals surface area (Å²) in [5, 5.41) is 11.6. The van der Waals surface area contributed by atoms with E-state index in [9.17, 15) is 18.3 Å². The van der Waals surface area contributed by atoms with Crippen molar-refractivity contribution in [3.05, 3.63) is 23.8 Å². The zero-order valence-electron chi connectivity index (χ0n) is 8.64. The number of halogens is 3. The van der Waals surface area contributed by atoms with E-state index in [4.69, 9.17) is 4.74 Å². The number of phenolic OH excluding ortho intramolecular Hbond substituents is 1. The second-order valence-corrected chi connectivity index (χ2v) is 3.21. The van der Waals surface area contributed by atoms with Crippen LogP contribution in [0.1, 0.15) is 5.56 Å². The molecule has 0 atom stereocenters. The number of hydrogen-bond acceptors (Lipinski definition) is 3. The normalized spacial score (nSPS) is 11.5. The zero-order valence-corrected chi connectivity index (χ0v) is 8.64. The molecule has 0 spiro atoms. The van der Waals surface area contributed by atoms with Gasteiger partial charge in [-0.05, 0) is 18.2 Å². The average Bonchev–Trinajstić information content (AvgIpc) is 2.19. The third kappa shape index (κ3) is 3.98. The molecule has 0 aliphatic rings. The Morgan fingerprint density at radius 3 is 2.62 bits per heavy atom. The summed E-state index contributed by atoms with van der Waals surface area (Å²) in [6.07, 6.45) is -4.26. The van der Waals surface area contributed by atoms with E-state index in [0.29, 0.717) is 11.3 Å². The van der Waals surface area contributed by atoms with Crippen LogP contribution in [0.5, 0.6) is 11.5 Å². The average molecular weight is 235 g/mol. The van der Waals surface area contributed by atoms with Crippen molar-refractivity contribution in [2.75, 3.05) is 13.7 Å². The Labute approximate surface area is 90.8 Å². The van der Waals surface area contributed by atoms with Gasteiger partial charge in [0.15, 0.2) is 0 Å². The van der Waals surface area contributed by atoms with E-state index >= 15 is 0 Å². The molecule has 0 saturated carbocycles. The van der Waals surface area contributed by atoms with Crippen LogP contribution < -0.4 is 10.1 Å². The minimum Gasteiger partial charge on any atom is -0.508 e. The number of hydrogen-bond donors (Lipinski definition) is 2. The maximum Gasteiger partial charge on any atom is 0.401 e. The van der Waals surface area contributed by atoms with Crippen LogP contribution in [0.25, 0.3) is 0 Å². The molecule has 0 aliphatic carbocycles. The van der Waals surface area contributed by atoms with Gasteiger partial charge in [-0.15, -0.1) is 0 Å². The van der Waals surface area contributed by atoms with Crippen molar-refractivity contribution < 1.29 is 23.0 Å². The monoisotopic (exact) mass is 235 g/mol. The van der Waals surface area contributed by atoms with Gasteiger partial charge in [0.2, 0.25) is 0 Å². The Balaban J connectivity index is 2.59. The van der Waals surface area contributed by atoms with Gasteiger partial charge in [-0.25, -0.2) is 0 Å². The molecule has 0 aliphatic heterocycles. The highest BCUT2D eigenvalue weighted by Crippen LogP contribution is 2.23. The Morgan fingerprint density at radius 2 is 2.06 bits per heavy atom. The Bertz CT molecular complexity index is 352. The van der Waals surface area contributed by atoms with E-state index < -0.39 is 12.7 Å². The topological polar surface area (TPSA) is 41.5 Å². The molecule has 0 saturated heterocycles. The lowest BCUT2D eigenvalue weighted by Crippen LogP contribution is -2.28. The Morgan fingerprint density at radius 1 is 1.38 bits per heavy atom. The molecular weight excluding hydrogens is 223 g/mol. The lowest BCUT2D eigenvalue weighted by atomic mass is 10.2. The molecule has 0 fully saturated rings. The van der Waals surface area contributed by atoms with Gasteiger partial charge >= 0.3 is 6.18 Å². The first-order valence-electron chi connectivity index (χ1n) is 4.56. The molecule has 0 amide bonds. The van der Waals surface area contributed by atoms with Gasteiger partial charge in [0.1, 0.15) is 11.5 Å². The predicted octanol–water partition coefficient (Wildman–Crippen LogP) is 2.05. The van der Waals surface area contributed by atoms with Crippen LogP contribution in [0.2, 0.25) is 0 Å². The smallest absolute Gasteiger partial charge is 0.401 e. The summed E-state index contributed by atoms with van der Waals surface area (Å²) in [6, 6.07) is 4.39. The second-order valence-electron chi connectivity index (χ2n) is 3.21. The summed E-state index contributed by atoms with van der Waals surface area (Å²) < 4.78 is 40.5. The third-order valence-electron chi connectivity index (χ3n) is 1.93. The maximum atomic E-state index is 11.9. The highest BCUT2D eigenvalue weighted by atomic mass is 19.4. The predicted molar refractivity (Wildman–Crippen MR) is 52.4 cm³/mol. The van der Waals surface area contributed by atoms with Crippen LogP contribution in [0, 0.1) is 0 Å². The molecule has 0 aromatic heterocycles. The van der Waals surface area contributed by atoms with E-state index in [-0.39, 0.29) is 12.3 Å². The minimum atomic E-state index is -4.26. The fraction of sp³-hybridized carbons (Fsp3) is 0.400. The van der Waals surface area contributed by atoms with Gasteiger partial charge in [0, 0.05) is 12.1 Å². The van der Waals surface area contributed by atoms with Crippen molar-refractivity contribution in [1.29, 1.82) is 0 Å². The van der Waals surface area contributed by atoms with E-state index in [2.05, 4.69) is 5.32 Å². The van der Waals surface area contributed by atoms with Crippen molar-refractivity contribution in [1.82, 2.24) is 5.32 Å². The molecule has 0 heterocycles. The van der Waals surface area contributed by atoms with Crippen LogP contribution in [0.4, 0.5) is 13.2 Å². The van der Waals surface area contributed by atoms with E-state index in [1.165, 1.54) is 25.3 Å². The van der Waals surface area contributed by atoms with Crippen LogP contribution in [-0.4, -0.2) is 24.9 Å². The van der Waals surface area contributed by atoms with Gasteiger partial charge in [0.05, 0.1) is 13.7 Å². The van der Waals surface area contributed by atoms with Gasteiger partial charge in [-0.1, -0.05) is 0 Å². The lowest BCUT2D eigenvalue weighted by Gasteiger charge is -2.10. The fourth-order valence-electron chi connectivity index (χ4n) is 1.17. The number of alkyl halides is 3. The number of ether oxygens (including phenoxy) is 1. The van der Waals surface area contributed by atoms with Crippen molar-refractivity contribution in [2.45, 2.75) is 12.7 Å². The summed E-state index contributed by atoms with van der Waals surface area (Å²) in [5.74, 6) is 0.428. The van der Waals surface area contributed by atoms with Gasteiger partial charge in [-0.2, -0.15) is 13.2 Å². The minimum absolute atomic E-state index is 0.0597. The molecule has 0 bridgehead atoms. The molecule has 1 aromatic rings. The number of phenols is 1. The molecular formula is C10H12F3NO2. The van der Waals surface area contributed by atoms with E-state index in [1.54, 1.807) is 0 Å². The van der Waals surface area contributed by atoms with Crippen LogP contribution in [-0.2, 0) is 6.54 Å². The van der Waals surface area contributed by atoms with Crippen LogP contribution in [0.15, 0.2) is 18.2 Å². The van der Waals surface area contributed by atoms with Crippen molar-refractivity contribution in [2.24, 2.45) is 0 Å². The first-order chi connectivity index (χ1) is 7.42. The van der Waals surface area contributed by atoms with Crippen LogP contribution >= 0.6 is 0 Å². The van der Waals surface area contributed by atoms with Crippen molar-refractivity contribution in [3.8, 4) is 11.5 Å². The summed E-state index contributed by atoms with van der Waals surface area (Å²) in [7, 11) is 1.44. The molecule has 1 aromatic carbocycles. The number of methoxy groups -OCH3 is 1. The number of benzene rings is 1. The molecule has 1 rings (SSSR count). The first-order valence-corrected chi connectivity index (χ1v) is 4.56. The zero-order chi connectivity index (χ0) is 12.2. The SMILES string of the molecule is COc1ccc(O)c(CNCC(F)(F)F)c1. The quantitative estimate of drug-likeness (QED) is 0.839. The van der Waals surface area contributed by atoms with Gasteiger partial charge < -0.3 is 15.2 Å². The molecule has 2 N–H and O–H groups in total. The molecule has 0 unspecified atom stereocenters. The first kappa shape index (κ1) is 12.6. The van der Waals surface area contributed by atoms with Gasteiger partial charge in [0.25, 0.3) is 0 Å². The molecule has 16 heavy (non-hydrogen) atoms. The van der Waals surface area contributed by atoms with Crippen molar-refractivity contribution >= 4 is 0 Å². The molecule has 0 radical (unpaired) electrons. The highest BCUT2D eigenvalue weighted by molar-refractivity contribution is 5.39. The molecule has 90 valence electrons. The number of aromatic hydroxyl groups is 1. The standard InChI is InChI=1S/C10H12F3NO2/c1-16-8-2-3-9(15)7(4-8)5-14-6-10(11,12)13/h2-4,14-15H,5-6H2,1H3. The van der Waals surface area contributed by atoms with E-state index in [1.807, 2.05) is 0 Å². The molecule has 6 heteroatoms. The summed E-state index contributed by atoms with van der Waals surface area (Å²) in [5.41, 5.74) is 0.364. The van der Waals surface area contributed by atoms with Crippen LogP contribution in [0.3, 0.4) is 0 Å².